The summed E-state index contributed by atoms with van der Waals surface area (Å²) in [5.74, 6) is 0. The van der Waals surface area contributed by atoms with Crippen molar-refractivity contribution in [3.05, 3.63) is 54.2 Å². The van der Waals surface area contributed by atoms with Crippen LogP contribution in [-0.4, -0.2) is 15.0 Å². The van der Waals surface area contributed by atoms with Gasteiger partial charge in [0.1, 0.15) is 0 Å². The molecule has 0 spiro atoms. The summed E-state index contributed by atoms with van der Waals surface area (Å²) in [6, 6.07) is 8.40. The Bertz CT molecular complexity index is 579. The maximum Gasteiger partial charge on any atom is 0.0921 e. The summed E-state index contributed by atoms with van der Waals surface area (Å²) in [6.07, 6.45) is 7.76. The third kappa shape index (κ3) is 4.26. The van der Waals surface area contributed by atoms with Crippen molar-refractivity contribution in [1.29, 1.82) is 0 Å². The summed E-state index contributed by atoms with van der Waals surface area (Å²) in [5.41, 5.74) is 3.84. The normalized spacial score (nSPS) is 9.10. The summed E-state index contributed by atoms with van der Waals surface area (Å²) in [6.45, 7) is 4.27. The molecule has 0 aliphatic rings. The van der Waals surface area contributed by atoms with Crippen molar-refractivity contribution < 1.29 is 0 Å². The van der Waals surface area contributed by atoms with Crippen LogP contribution in [0.3, 0.4) is 0 Å². The number of H-pyrrole nitrogens is 2. The van der Waals surface area contributed by atoms with Crippen LogP contribution in [0.15, 0.2) is 43.0 Å². The van der Waals surface area contributed by atoms with Gasteiger partial charge in [-0.15, -0.1) is 0 Å². The molecule has 0 radical (unpaired) electrons. The first-order valence-corrected chi connectivity index (χ1v) is 6.37. The van der Waals surface area contributed by atoms with Gasteiger partial charge >= 0.3 is 0 Å². The Balaban J connectivity index is 0.000000356. The zero-order valence-corrected chi connectivity index (χ0v) is 10.9. The van der Waals surface area contributed by atoms with Crippen molar-refractivity contribution in [3.63, 3.8) is 0 Å². The maximum absolute atomic E-state index is 3.84. The van der Waals surface area contributed by atoms with E-state index in [9.17, 15) is 0 Å². The molecule has 0 atom stereocenters. The second-order valence-corrected chi connectivity index (χ2v) is 4.14. The van der Waals surface area contributed by atoms with Gasteiger partial charge in [-0.1, -0.05) is 46.9 Å². The molecule has 0 unspecified atom stereocenters. The number of rotatable bonds is 2. The maximum atomic E-state index is 3.84. The van der Waals surface area contributed by atoms with Crippen LogP contribution < -0.4 is 0 Å². The third-order valence-electron chi connectivity index (χ3n) is 2.99. The second kappa shape index (κ2) is 8.97. The first-order chi connectivity index (χ1) is 8.85. The highest BCUT2D eigenvalue weighted by molar-refractivity contribution is 5.82. The van der Waals surface area contributed by atoms with Gasteiger partial charge in [0.25, 0.3) is 0 Å². The van der Waals surface area contributed by atoms with Gasteiger partial charge in [0.2, 0.25) is 0 Å². The van der Waals surface area contributed by atoms with Gasteiger partial charge in [0.15, 0.2) is 0 Å². The van der Waals surface area contributed by atoms with Crippen molar-refractivity contribution >= 4 is 10.9 Å². The second-order valence-electron chi connectivity index (χ2n) is 4.14. The third-order valence-corrected chi connectivity index (χ3v) is 2.99. The highest BCUT2D eigenvalue weighted by atomic mass is 14.8. The van der Waals surface area contributed by atoms with Gasteiger partial charge in [-0.25, -0.2) is 4.98 Å². The van der Waals surface area contributed by atoms with Gasteiger partial charge in [-0.3, -0.25) is 0 Å². The van der Waals surface area contributed by atoms with E-state index >= 15 is 0 Å². The highest BCUT2D eigenvalue weighted by Gasteiger charge is 1.97. The van der Waals surface area contributed by atoms with E-state index in [0.717, 1.165) is 12.8 Å². The van der Waals surface area contributed by atoms with E-state index in [2.05, 4.69) is 59.3 Å². The van der Waals surface area contributed by atoms with Crippen LogP contribution >= 0.6 is 0 Å². The predicted octanol–water partition coefficient (Wildman–Crippen LogP) is 4.97. The standard InChI is InChI=1S/C10H11N.C5H8N2.2CH4/c1-2-8-7-11-10-6-4-3-5-9(8)10;1-2-5-3-6-4-7-5;;/h3-7,11H,2H2,1H3;3-4H,2H2,1H3,(H,6,7);2*1H4. The van der Waals surface area contributed by atoms with E-state index in [1.54, 1.807) is 6.33 Å². The molecule has 3 heteroatoms. The van der Waals surface area contributed by atoms with Crippen molar-refractivity contribution in [2.75, 3.05) is 0 Å². The molecule has 2 heterocycles. The lowest BCUT2D eigenvalue weighted by Gasteiger charge is -1.90. The number of hydrogen-bond donors (Lipinski definition) is 2. The predicted molar refractivity (Wildman–Crippen MR) is 89.1 cm³/mol. The zero-order valence-electron chi connectivity index (χ0n) is 10.9. The van der Waals surface area contributed by atoms with E-state index < -0.39 is 0 Å². The Morgan fingerprint density at radius 1 is 1.00 bits per heavy atom. The average molecular weight is 273 g/mol. The Morgan fingerprint density at radius 2 is 1.75 bits per heavy atom. The van der Waals surface area contributed by atoms with Crippen LogP contribution in [0.5, 0.6) is 0 Å². The van der Waals surface area contributed by atoms with Crippen LogP contribution in [-0.2, 0) is 12.8 Å². The number of imidazole rings is 1. The number of aromatic nitrogens is 3. The van der Waals surface area contributed by atoms with Crippen LogP contribution in [0.2, 0.25) is 0 Å². The topological polar surface area (TPSA) is 44.5 Å². The number of aromatic amines is 2. The van der Waals surface area contributed by atoms with Crippen molar-refractivity contribution in [3.8, 4) is 0 Å². The minimum atomic E-state index is 0. The average Bonchev–Trinajstić information content (AvgIpc) is 3.08. The largest absolute Gasteiger partial charge is 0.361 e. The molecule has 110 valence electrons. The fourth-order valence-electron chi connectivity index (χ4n) is 1.90. The molecule has 0 bridgehead atoms. The molecule has 2 N–H and O–H groups in total. The summed E-state index contributed by atoms with van der Waals surface area (Å²) in [7, 11) is 0. The lowest BCUT2D eigenvalue weighted by molar-refractivity contribution is 1.06. The van der Waals surface area contributed by atoms with Crippen molar-refractivity contribution in [2.45, 2.75) is 41.5 Å². The highest BCUT2D eigenvalue weighted by Crippen LogP contribution is 2.17. The molecule has 0 fully saturated rings. The lowest BCUT2D eigenvalue weighted by Crippen LogP contribution is -1.73. The number of nitrogens with zero attached hydrogens (tertiary/aromatic N) is 1. The summed E-state index contributed by atoms with van der Waals surface area (Å²) < 4.78 is 0. The summed E-state index contributed by atoms with van der Waals surface area (Å²) >= 11 is 0. The molecular formula is C17H27N3. The van der Waals surface area contributed by atoms with Gasteiger partial charge in [-0.2, -0.15) is 0 Å². The van der Waals surface area contributed by atoms with E-state index in [1.165, 1.54) is 22.2 Å². The molecule has 2 aromatic heterocycles. The number of benzene rings is 1. The quantitative estimate of drug-likeness (QED) is 0.680. The first kappa shape index (κ1) is 18.0. The van der Waals surface area contributed by atoms with E-state index in [-0.39, 0.29) is 14.9 Å². The summed E-state index contributed by atoms with van der Waals surface area (Å²) in [5, 5.41) is 1.36. The molecule has 0 saturated carbocycles. The molecule has 3 aromatic rings. The SMILES string of the molecule is C.C.CCc1c[nH]c2ccccc12.CCc1cnc[nH]1. The van der Waals surface area contributed by atoms with Crippen LogP contribution in [0.1, 0.15) is 40.0 Å². The first-order valence-electron chi connectivity index (χ1n) is 6.37. The van der Waals surface area contributed by atoms with Crippen molar-refractivity contribution in [1.82, 2.24) is 15.0 Å². The van der Waals surface area contributed by atoms with Gasteiger partial charge < -0.3 is 9.97 Å². The number of nitrogens with one attached hydrogen (secondary N) is 2. The number of fused-ring (bicyclic) bond motifs is 1. The molecular weight excluding hydrogens is 246 g/mol. The molecule has 0 saturated heterocycles. The Morgan fingerprint density at radius 3 is 2.30 bits per heavy atom. The van der Waals surface area contributed by atoms with Crippen LogP contribution in [0, 0.1) is 0 Å². The van der Waals surface area contributed by atoms with Gasteiger partial charge in [0, 0.05) is 29.0 Å². The van der Waals surface area contributed by atoms with E-state index in [4.69, 9.17) is 0 Å². The minimum absolute atomic E-state index is 0. The Labute approximate surface area is 122 Å². The molecule has 0 amide bonds. The zero-order chi connectivity index (χ0) is 12.8. The van der Waals surface area contributed by atoms with Gasteiger partial charge in [0.05, 0.1) is 6.33 Å². The molecule has 20 heavy (non-hydrogen) atoms. The Hall–Kier alpha value is -2.03. The Kier molecular flexibility index (Phi) is 8.06. The van der Waals surface area contributed by atoms with Crippen LogP contribution in [0.4, 0.5) is 0 Å². The molecule has 1 aromatic carbocycles. The fourth-order valence-corrected chi connectivity index (χ4v) is 1.90. The lowest BCUT2D eigenvalue weighted by atomic mass is 10.1. The van der Waals surface area contributed by atoms with Crippen LogP contribution in [0.25, 0.3) is 10.9 Å². The molecule has 0 aliphatic heterocycles. The fraction of sp³-hybridized carbons (Fsp3) is 0.353. The minimum Gasteiger partial charge on any atom is -0.361 e. The smallest absolute Gasteiger partial charge is 0.0921 e. The van der Waals surface area contributed by atoms with Crippen molar-refractivity contribution in [2.24, 2.45) is 0 Å². The molecule has 3 nitrogen and oxygen atoms in total. The molecule has 0 aliphatic carbocycles. The van der Waals surface area contributed by atoms with E-state index in [0.29, 0.717) is 0 Å². The monoisotopic (exact) mass is 273 g/mol. The number of aryl methyl sites for hydroxylation is 2. The van der Waals surface area contributed by atoms with Gasteiger partial charge in [-0.05, 0) is 24.5 Å². The van der Waals surface area contributed by atoms with E-state index in [1.807, 2.05) is 6.20 Å². The number of hydrogen-bond acceptors (Lipinski definition) is 1. The number of para-hydroxylation sites is 1. The summed E-state index contributed by atoms with van der Waals surface area (Å²) in [4.78, 5) is 10.1. The molecule has 3 rings (SSSR count).